The molecule has 3 aromatic carbocycles. The molecule has 2 aliphatic rings. The van der Waals surface area contributed by atoms with Gasteiger partial charge in [-0.2, -0.15) is 4.31 Å². The van der Waals surface area contributed by atoms with E-state index in [0.29, 0.717) is 22.5 Å². The first kappa shape index (κ1) is 22.8. The summed E-state index contributed by atoms with van der Waals surface area (Å²) < 4.78 is 53.4. The maximum atomic E-state index is 14.2. The van der Waals surface area contributed by atoms with Crippen LogP contribution in [0.15, 0.2) is 72.9 Å². The Labute approximate surface area is 206 Å². The minimum Gasteiger partial charge on any atom is -0.305 e. The van der Waals surface area contributed by atoms with Crippen LogP contribution >= 0.6 is 0 Å². The second-order valence-electron chi connectivity index (χ2n) is 9.32. The maximum Gasteiger partial charge on any atom is 0.240 e. The molecule has 0 atom stereocenters. The zero-order valence-corrected chi connectivity index (χ0v) is 20.1. The van der Waals surface area contributed by atoms with Crippen LogP contribution in [0.2, 0.25) is 0 Å². The maximum absolute atomic E-state index is 14.2. The molecule has 0 bridgehead atoms. The number of pyridine rings is 1. The van der Waals surface area contributed by atoms with Gasteiger partial charge in [0.25, 0.3) is 0 Å². The molecule has 2 aliphatic heterocycles. The molecule has 6 rings (SSSR count). The second-order valence-corrected chi connectivity index (χ2v) is 11.3. The molecule has 0 N–H and O–H groups in total. The lowest BCUT2D eigenvalue weighted by atomic mass is 9.76. The van der Waals surface area contributed by atoms with Gasteiger partial charge in [-0.15, -0.1) is 0 Å². The monoisotopic (exact) mass is 505 g/mol. The summed E-state index contributed by atoms with van der Waals surface area (Å²) in [4.78, 5) is 20.1. The summed E-state index contributed by atoms with van der Waals surface area (Å²) in [6.45, 7) is 0.258. The lowest BCUT2D eigenvalue weighted by molar-refractivity contribution is -0.127. The van der Waals surface area contributed by atoms with Crippen molar-refractivity contribution in [3.05, 3.63) is 95.8 Å². The summed E-state index contributed by atoms with van der Waals surface area (Å²) >= 11 is 0. The summed E-state index contributed by atoms with van der Waals surface area (Å²) in [7, 11) is -3.42. The van der Waals surface area contributed by atoms with E-state index in [1.165, 1.54) is 10.4 Å². The van der Waals surface area contributed by atoms with E-state index < -0.39 is 27.1 Å². The number of carbonyl (C=O) groups is 1. The molecule has 3 heterocycles. The highest BCUT2D eigenvalue weighted by atomic mass is 32.2. The van der Waals surface area contributed by atoms with E-state index in [1.54, 1.807) is 11.1 Å². The smallest absolute Gasteiger partial charge is 0.240 e. The number of sulfonamides is 1. The van der Waals surface area contributed by atoms with E-state index in [-0.39, 0.29) is 25.5 Å². The van der Waals surface area contributed by atoms with E-state index >= 15 is 0 Å². The lowest BCUT2D eigenvalue weighted by Crippen LogP contribution is -2.64. The van der Waals surface area contributed by atoms with Gasteiger partial charge in [-0.1, -0.05) is 48.5 Å². The molecule has 0 unspecified atom stereocenters. The number of nitrogens with zero attached hydrogens (tertiary/aromatic N) is 3. The molecule has 1 spiro atoms. The number of rotatable bonds is 4. The van der Waals surface area contributed by atoms with Crippen LogP contribution in [0.1, 0.15) is 11.3 Å². The Morgan fingerprint density at radius 2 is 1.69 bits per heavy atom. The van der Waals surface area contributed by atoms with Crippen molar-refractivity contribution in [2.24, 2.45) is 0 Å². The minimum absolute atomic E-state index is 0.0827. The number of aromatic nitrogens is 1. The van der Waals surface area contributed by atoms with Gasteiger partial charge in [0.05, 0.1) is 18.5 Å². The zero-order valence-electron chi connectivity index (χ0n) is 19.3. The molecule has 182 valence electrons. The molecule has 9 heteroatoms. The third-order valence-corrected chi connectivity index (χ3v) is 8.32. The van der Waals surface area contributed by atoms with Crippen molar-refractivity contribution in [3.8, 4) is 11.1 Å². The van der Waals surface area contributed by atoms with Crippen LogP contribution in [0.25, 0.3) is 21.9 Å². The summed E-state index contributed by atoms with van der Waals surface area (Å²) in [6, 6.07) is 18.6. The van der Waals surface area contributed by atoms with Gasteiger partial charge in [-0.3, -0.25) is 9.78 Å². The Bertz CT molecular complexity index is 1670. The van der Waals surface area contributed by atoms with Crippen molar-refractivity contribution in [3.63, 3.8) is 0 Å². The van der Waals surface area contributed by atoms with Gasteiger partial charge in [0, 0.05) is 35.9 Å². The van der Waals surface area contributed by atoms with Gasteiger partial charge in [-0.05, 0) is 34.7 Å². The number of carbonyl (C=O) groups excluding carboxylic acids is 1. The van der Waals surface area contributed by atoms with Gasteiger partial charge >= 0.3 is 0 Å². The third-order valence-electron chi connectivity index (χ3n) is 7.12. The molecule has 1 fully saturated rings. The van der Waals surface area contributed by atoms with E-state index in [9.17, 15) is 22.0 Å². The van der Waals surface area contributed by atoms with Crippen molar-refractivity contribution in [1.29, 1.82) is 0 Å². The van der Waals surface area contributed by atoms with Crippen LogP contribution < -0.4 is 4.90 Å². The Morgan fingerprint density at radius 1 is 0.972 bits per heavy atom. The van der Waals surface area contributed by atoms with E-state index in [2.05, 4.69) is 4.98 Å². The largest absolute Gasteiger partial charge is 0.305 e. The average Bonchev–Trinajstić information content (AvgIpc) is 3.07. The fourth-order valence-electron chi connectivity index (χ4n) is 5.30. The van der Waals surface area contributed by atoms with Crippen LogP contribution in [0.4, 0.5) is 14.5 Å². The van der Waals surface area contributed by atoms with Gasteiger partial charge in [0.1, 0.15) is 5.41 Å². The van der Waals surface area contributed by atoms with Crippen molar-refractivity contribution in [2.45, 2.75) is 12.0 Å². The van der Waals surface area contributed by atoms with Crippen molar-refractivity contribution in [1.82, 2.24) is 9.29 Å². The van der Waals surface area contributed by atoms with Gasteiger partial charge < -0.3 is 4.90 Å². The molecule has 0 radical (unpaired) electrons. The van der Waals surface area contributed by atoms with E-state index in [4.69, 9.17) is 0 Å². The Hall–Kier alpha value is -3.69. The highest BCUT2D eigenvalue weighted by Crippen LogP contribution is 2.48. The topological polar surface area (TPSA) is 70.6 Å². The number of para-hydroxylation sites is 1. The van der Waals surface area contributed by atoms with Crippen LogP contribution in [-0.2, 0) is 26.8 Å². The van der Waals surface area contributed by atoms with Crippen molar-refractivity contribution < 1.29 is 22.0 Å². The van der Waals surface area contributed by atoms with Crippen molar-refractivity contribution in [2.75, 3.05) is 24.2 Å². The fourth-order valence-corrected chi connectivity index (χ4v) is 6.21. The predicted octanol–water partition coefficient (Wildman–Crippen LogP) is 4.24. The van der Waals surface area contributed by atoms with Crippen LogP contribution in [0.3, 0.4) is 0 Å². The molecular weight excluding hydrogens is 484 g/mol. The predicted molar refractivity (Wildman–Crippen MR) is 133 cm³/mol. The molecule has 0 aliphatic carbocycles. The first-order valence-corrected chi connectivity index (χ1v) is 13.2. The molecule has 4 aromatic rings. The number of benzene rings is 3. The number of anilines is 1. The van der Waals surface area contributed by atoms with Gasteiger partial charge in [-0.25, -0.2) is 17.2 Å². The first-order chi connectivity index (χ1) is 17.2. The summed E-state index contributed by atoms with van der Waals surface area (Å²) in [5.41, 5.74) is 2.13. The number of hydrogen-bond donors (Lipinski definition) is 0. The molecule has 0 saturated carbocycles. The SMILES string of the molecule is CS(=O)(=O)N1CC2(C1)C(=O)N(Cc1ncc3ccccc3c1-c1ccc(F)c(F)c1)c1ccccc12. The molecule has 36 heavy (non-hydrogen) atoms. The number of halogens is 2. The highest BCUT2D eigenvalue weighted by molar-refractivity contribution is 7.88. The van der Waals surface area contributed by atoms with Gasteiger partial charge in [0.15, 0.2) is 11.6 Å². The molecule has 6 nitrogen and oxygen atoms in total. The Kier molecular flexibility index (Phi) is 5.00. The normalized spacial score (nSPS) is 17.0. The van der Waals surface area contributed by atoms with Crippen LogP contribution in [0, 0.1) is 11.6 Å². The standard InChI is InChI=1S/C27H21F2N3O3S/c1-36(34,35)31-15-27(16-31)20-8-4-5-9-24(20)32(26(27)33)14-23-25(17-10-11-21(28)22(29)12-17)19-7-3-2-6-18(19)13-30-23/h2-13H,14-16H2,1H3. The minimum atomic E-state index is -3.42. The van der Waals surface area contributed by atoms with Gasteiger partial charge in [0.2, 0.25) is 15.9 Å². The number of amides is 1. The van der Waals surface area contributed by atoms with E-state index in [0.717, 1.165) is 34.7 Å². The molecule has 1 amide bonds. The molecule has 1 aromatic heterocycles. The van der Waals surface area contributed by atoms with Crippen LogP contribution in [-0.4, -0.2) is 43.0 Å². The van der Waals surface area contributed by atoms with Crippen LogP contribution in [0.5, 0.6) is 0 Å². The lowest BCUT2D eigenvalue weighted by Gasteiger charge is -2.45. The molecule has 1 saturated heterocycles. The molecular formula is C27H21F2N3O3S. The summed E-state index contributed by atoms with van der Waals surface area (Å²) in [6.07, 6.45) is 2.83. The first-order valence-electron chi connectivity index (χ1n) is 11.4. The summed E-state index contributed by atoms with van der Waals surface area (Å²) in [5, 5.41) is 1.63. The zero-order chi connectivity index (χ0) is 25.2. The summed E-state index contributed by atoms with van der Waals surface area (Å²) in [5.74, 6) is -2.11. The third kappa shape index (κ3) is 3.34. The second kappa shape index (κ2) is 7.91. The van der Waals surface area contributed by atoms with E-state index in [1.807, 2.05) is 48.5 Å². The quantitative estimate of drug-likeness (QED) is 0.416. The average molecular weight is 506 g/mol. The van der Waals surface area contributed by atoms with Crippen molar-refractivity contribution >= 4 is 32.4 Å². The fraction of sp³-hybridized carbons (Fsp3) is 0.185. The Morgan fingerprint density at radius 3 is 2.44 bits per heavy atom. The number of hydrogen-bond acceptors (Lipinski definition) is 4. The number of fused-ring (bicyclic) bond motifs is 3. The Balaban J connectivity index is 1.47. The highest BCUT2D eigenvalue weighted by Gasteiger charge is 2.60.